The third kappa shape index (κ3) is 1.42. The predicted molar refractivity (Wildman–Crippen MR) is 40.3 cm³/mol. The van der Waals surface area contributed by atoms with E-state index < -0.39 is 10.6 Å². The van der Waals surface area contributed by atoms with Crippen molar-refractivity contribution in [2.24, 2.45) is 0 Å². The molecule has 0 fully saturated rings. The van der Waals surface area contributed by atoms with Gasteiger partial charge in [-0.1, -0.05) is 0 Å². The van der Waals surface area contributed by atoms with Crippen molar-refractivity contribution in [2.45, 2.75) is 0 Å². The van der Waals surface area contributed by atoms with Crippen molar-refractivity contribution in [2.75, 3.05) is 0 Å². The zero-order valence-electron chi connectivity index (χ0n) is 6.26. The van der Waals surface area contributed by atoms with Gasteiger partial charge >= 0.3 is 5.69 Å². The number of nitriles is 2. The van der Waals surface area contributed by atoms with Gasteiger partial charge in [-0.25, -0.2) is 4.98 Å². The highest BCUT2D eigenvalue weighted by molar-refractivity contribution is 5.55. The van der Waals surface area contributed by atoms with Crippen LogP contribution in [0.5, 0.6) is 0 Å². The lowest BCUT2D eigenvalue weighted by Gasteiger charge is -1.93. The lowest BCUT2D eigenvalue weighted by atomic mass is 10.2. The first-order valence-electron chi connectivity index (χ1n) is 3.14. The molecular formula is C7H2N4O2. The first kappa shape index (κ1) is 8.62. The second kappa shape index (κ2) is 3.28. The smallest absolute Gasteiger partial charge is 0.258 e. The van der Waals surface area contributed by atoms with Crippen LogP contribution in [0.2, 0.25) is 0 Å². The van der Waals surface area contributed by atoms with Gasteiger partial charge in [-0.3, -0.25) is 10.1 Å². The van der Waals surface area contributed by atoms with E-state index in [0.717, 1.165) is 0 Å². The van der Waals surface area contributed by atoms with Gasteiger partial charge in [-0.15, -0.1) is 0 Å². The fourth-order valence-electron chi connectivity index (χ4n) is 0.811. The molecule has 0 unspecified atom stereocenters. The molecule has 0 aliphatic carbocycles. The fraction of sp³-hybridized carbons (Fsp3) is 0. The quantitative estimate of drug-likeness (QED) is 0.461. The molecule has 0 radical (unpaired) electrons. The largest absolute Gasteiger partial charge is 0.323 e. The van der Waals surface area contributed by atoms with E-state index in [1.165, 1.54) is 12.3 Å². The first-order chi connectivity index (χ1) is 6.20. The van der Waals surface area contributed by atoms with Crippen molar-refractivity contribution in [1.82, 2.24) is 4.98 Å². The zero-order valence-corrected chi connectivity index (χ0v) is 6.26. The molecule has 1 rings (SSSR count). The molecule has 0 bridgehead atoms. The molecule has 0 aliphatic heterocycles. The van der Waals surface area contributed by atoms with Gasteiger partial charge in [-0.05, 0) is 6.07 Å². The van der Waals surface area contributed by atoms with Gasteiger partial charge in [0, 0.05) is 6.20 Å². The topological polar surface area (TPSA) is 104 Å². The van der Waals surface area contributed by atoms with Crippen molar-refractivity contribution < 1.29 is 4.92 Å². The Bertz CT molecular complexity index is 409. The molecule has 0 atom stereocenters. The zero-order chi connectivity index (χ0) is 9.84. The Balaban J connectivity index is 3.52. The number of aromatic nitrogens is 1. The summed E-state index contributed by atoms with van der Waals surface area (Å²) in [6.45, 7) is 0. The number of rotatable bonds is 1. The predicted octanol–water partition coefficient (Wildman–Crippen LogP) is 0.733. The third-order valence-electron chi connectivity index (χ3n) is 1.33. The monoisotopic (exact) mass is 174 g/mol. The van der Waals surface area contributed by atoms with Crippen LogP contribution in [0, 0.1) is 32.8 Å². The standard InChI is InChI=1S/C7H2N4O2/c8-3-5-1-2-10-6(4-9)7(5)11(12)13/h1-2H. The van der Waals surface area contributed by atoms with Crippen molar-refractivity contribution in [3.63, 3.8) is 0 Å². The molecule has 0 saturated carbocycles. The van der Waals surface area contributed by atoms with Gasteiger partial charge in [0.1, 0.15) is 17.7 Å². The Morgan fingerprint density at radius 2 is 2.15 bits per heavy atom. The summed E-state index contributed by atoms with van der Waals surface area (Å²) in [5, 5.41) is 27.4. The highest BCUT2D eigenvalue weighted by Gasteiger charge is 2.20. The SMILES string of the molecule is N#Cc1ccnc(C#N)c1[N+](=O)[O-]. The Kier molecular flexibility index (Phi) is 2.18. The fourth-order valence-corrected chi connectivity index (χ4v) is 0.811. The molecule has 1 aromatic heterocycles. The highest BCUT2D eigenvalue weighted by Crippen LogP contribution is 2.19. The Morgan fingerprint density at radius 1 is 1.46 bits per heavy atom. The second-order valence-corrected chi connectivity index (χ2v) is 2.04. The summed E-state index contributed by atoms with van der Waals surface area (Å²) >= 11 is 0. The van der Waals surface area contributed by atoms with E-state index in [1.54, 1.807) is 12.1 Å². The maximum absolute atomic E-state index is 10.4. The molecule has 1 aromatic rings. The lowest BCUT2D eigenvalue weighted by molar-refractivity contribution is -0.385. The van der Waals surface area contributed by atoms with Gasteiger partial charge < -0.3 is 0 Å². The average Bonchev–Trinajstić information content (AvgIpc) is 2.16. The summed E-state index contributed by atoms with van der Waals surface area (Å²) in [7, 11) is 0. The first-order valence-corrected chi connectivity index (χ1v) is 3.14. The molecule has 0 aliphatic rings. The number of nitrogens with zero attached hydrogens (tertiary/aromatic N) is 4. The Hall–Kier alpha value is -2.47. The maximum Gasteiger partial charge on any atom is 0.323 e. The van der Waals surface area contributed by atoms with Crippen LogP contribution in [0.3, 0.4) is 0 Å². The molecule has 13 heavy (non-hydrogen) atoms. The van der Waals surface area contributed by atoms with Crippen LogP contribution >= 0.6 is 0 Å². The second-order valence-electron chi connectivity index (χ2n) is 2.04. The summed E-state index contributed by atoms with van der Waals surface area (Å²) < 4.78 is 0. The van der Waals surface area contributed by atoms with E-state index >= 15 is 0 Å². The van der Waals surface area contributed by atoms with E-state index in [-0.39, 0.29) is 11.3 Å². The van der Waals surface area contributed by atoms with E-state index in [1.807, 2.05) is 0 Å². The summed E-state index contributed by atoms with van der Waals surface area (Å²) in [6, 6.07) is 4.36. The number of pyridine rings is 1. The van der Waals surface area contributed by atoms with Crippen molar-refractivity contribution in [3.05, 3.63) is 33.6 Å². The van der Waals surface area contributed by atoms with Gasteiger partial charge in [0.2, 0.25) is 5.69 Å². The summed E-state index contributed by atoms with van der Waals surface area (Å²) in [4.78, 5) is 13.1. The lowest BCUT2D eigenvalue weighted by Crippen LogP contribution is -1.97. The summed E-state index contributed by atoms with van der Waals surface area (Å²) in [6.07, 6.45) is 1.18. The molecule has 0 saturated heterocycles. The minimum absolute atomic E-state index is 0.156. The normalized spacial score (nSPS) is 8.46. The Labute approximate surface area is 72.8 Å². The van der Waals surface area contributed by atoms with Crippen molar-refractivity contribution in [3.8, 4) is 12.1 Å². The van der Waals surface area contributed by atoms with Gasteiger partial charge in [0.15, 0.2) is 0 Å². The van der Waals surface area contributed by atoms with E-state index in [2.05, 4.69) is 4.98 Å². The van der Waals surface area contributed by atoms with Crippen LogP contribution in [-0.2, 0) is 0 Å². The minimum Gasteiger partial charge on any atom is -0.258 e. The molecule has 6 heteroatoms. The van der Waals surface area contributed by atoms with E-state index in [0.29, 0.717) is 0 Å². The molecule has 0 aromatic carbocycles. The van der Waals surface area contributed by atoms with Crippen LogP contribution in [0.1, 0.15) is 11.3 Å². The highest BCUT2D eigenvalue weighted by atomic mass is 16.6. The molecule has 0 spiro atoms. The van der Waals surface area contributed by atoms with Gasteiger partial charge in [0.25, 0.3) is 0 Å². The minimum atomic E-state index is -0.788. The van der Waals surface area contributed by atoms with Gasteiger partial charge in [-0.2, -0.15) is 10.5 Å². The van der Waals surface area contributed by atoms with Crippen LogP contribution in [-0.4, -0.2) is 9.91 Å². The molecule has 1 heterocycles. The van der Waals surface area contributed by atoms with Gasteiger partial charge in [0.05, 0.1) is 4.92 Å². The molecule has 62 valence electrons. The molecule has 0 N–H and O–H groups in total. The Morgan fingerprint density at radius 3 is 2.62 bits per heavy atom. The van der Waals surface area contributed by atoms with Crippen LogP contribution in [0.4, 0.5) is 5.69 Å². The molecular weight excluding hydrogens is 172 g/mol. The molecule has 6 nitrogen and oxygen atoms in total. The van der Waals surface area contributed by atoms with E-state index in [4.69, 9.17) is 10.5 Å². The molecule has 0 amide bonds. The van der Waals surface area contributed by atoms with Crippen molar-refractivity contribution in [1.29, 1.82) is 10.5 Å². The number of hydrogen-bond donors (Lipinski definition) is 0. The summed E-state index contributed by atoms with van der Waals surface area (Å²) in [5.41, 5.74) is -1.03. The van der Waals surface area contributed by atoms with Crippen LogP contribution in [0.25, 0.3) is 0 Å². The van der Waals surface area contributed by atoms with Crippen LogP contribution in [0.15, 0.2) is 12.3 Å². The van der Waals surface area contributed by atoms with E-state index in [9.17, 15) is 10.1 Å². The van der Waals surface area contributed by atoms with Crippen LogP contribution < -0.4 is 0 Å². The maximum atomic E-state index is 10.4. The third-order valence-corrected chi connectivity index (χ3v) is 1.33. The van der Waals surface area contributed by atoms with Crippen molar-refractivity contribution >= 4 is 5.69 Å². The summed E-state index contributed by atoms with van der Waals surface area (Å²) in [5.74, 6) is 0. The number of nitro groups is 1. The average molecular weight is 174 g/mol. The number of hydrogen-bond acceptors (Lipinski definition) is 5.